The van der Waals surface area contributed by atoms with Gasteiger partial charge in [0.05, 0.1) is 0 Å². The molecule has 1 rings (SSSR count). The third-order valence-electron chi connectivity index (χ3n) is 1.06. The summed E-state index contributed by atoms with van der Waals surface area (Å²) in [7, 11) is -2.89. The van der Waals surface area contributed by atoms with E-state index in [9.17, 15) is 4.89 Å². The van der Waals surface area contributed by atoms with Crippen LogP contribution in [0.2, 0.25) is 0 Å². The van der Waals surface area contributed by atoms with E-state index >= 15 is 0 Å². The molecule has 0 unspecified atom stereocenters. The molecule has 0 aliphatic carbocycles. The molecule has 0 saturated heterocycles. The average Bonchev–Trinajstić information content (AvgIpc) is 1.86. The van der Waals surface area contributed by atoms with Gasteiger partial charge in [0.2, 0.25) is 0 Å². The van der Waals surface area contributed by atoms with Gasteiger partial charge in [0.15, 0.2) is 0 Å². The predicted molar refractivity (Wildman–Crippen MR) is 40.4 cm³/mol. The van der Waals surface area contributed by atoms with Gasteiger partial charge < -0.3 is 0 Å². The molecule has 0 aromatic rings. The summed E-state index contributed by atoms with van der Waals surface area (Å²) in [4.78, 5) is 9.23. The molecule has 56 valence electrons. The van der Waals surface area contributed by atoms with E-state index in [2.05, 4.69) is 5.92 Å². The Bertz CT molecular complexity index is 202. The Balaban J connectivity index is 2.68. The summed E-state index contributed by atoms with van der Waals surface area (Å²) in [5.74, 6) is 2.67. The fourth-order valence-electron chi connectivity index (χ4n) is 0.636. The van der Waals surface area contributed by atoms with Crippen molar-refractivity contribution in [2.75, 3.05) is 13.3 Å². The molecule has 0 atom stereocenters. The van der Waals surface area contributed by atoms with Crippen LogP contribution < -0.4 is 0 Å². The Hall–Kier alpha value is -0.550. The number of hydrogen-bond acceptors (Lipinski definition) is 3. The summed E-state index contributed by atoms with van der Waals surface area (Å²) >= 11 is 0. The van der Waals surface area contributed by atoms with E-state index in [4.69, 9.17) is 15.5 Å². The zero-order valence-electron chi connectivity index (χ0n) is 5.63. The van der Waals surface area contributed by atoms with Crippen molar-refractivity contribution in [3.63, 3.8) is 0 Å². The van der Waals surface area contributed by atoms with Crippen LogP contribution in [0.1, 0.15) is 0 Å². The van der Waals surface area contributed by atoms with Crippen LogP contribution in [-0.4, -0.2) is 18.2 Å². The van der Waals surface area contributed by atoms with Crippen LogP contribution in [0.5, 0.6) is 0 Å². The topological polar surface area (TPSA) is 38.7 Å². The summed E-state index contributed by atoms with van der Waals surface area (Å²) in [6, 6.07) is 0. The molecule has 0 aromatic carbocycles. The standard InChI is InChI=1S/C6H9O3P/c1-3-6-4-5-8-10(2,7)9-6/h1,4,7,10H,5H2,2H3. The Kier molecular flexibility index (Phi) is 1.96. The molecule has 0 fully saturated rings. The van der Waals surface area contributed by atoms with Gasteiger partial charge in [-0.2, -0.15) is 0 Å². The van der Waals surface area contributed by atoms with E-state index < -0.39 is 7.94 Å². The summed E-state index contributed by atoms with van der Waals surface area (Å²) in [5.41, 5.74) is 0. The van der Waals surface area contributed by atoms with Gasteiger partial charge in [-0.3, -0.25) is 0 Å². The Morgan fingerprint density at radius 3 is 3.00 bits per heavy atom. The minimum atomic E-state index is -2.89. The second-order valence-corrected chi connectivity index (χ2v) is 4.31. The maximum atomic E-state index is 9.23. The van der Waals surface area contributed by atoms with E-state index in [0.29, 0.717) is 12.4 Å². The van der Waals surface area contributed by atoms with E-state index in [-0.39, 0.29) is 0 Å². The molecular weight excluding hydrogens is 151 g/mol. The van der Waals surface area contributed by atoms with Gasteiger partial charge in [-0.05, 0) is 0 Å². The first-order valence-electron chi connectivity index (χ1n) is 2.86. The van der Waals surface area contributed by atoms with Crippen LogP contribution in [0.25, 0.3) is 0 Å². The first-order valence-corrected chi connectivity index (χ1v) is 5.12. The third kappa shape index (κ3) is 1.71. The summed E-state index contributed by atoms with van der Waals surface area (Å²) in [5, 5.41) is 0. The maximum absolute atomic E-state index is 9.23. The van der Waals surface area contributed by atoms with E-state index in [1.165, 1.54) is 6.66 Å². The fourth-order valence-corrected chi connectivity index (χ4v) is 1.64. The fraction of sp³-hybridized carbons (Fsp3) is 0.333. The van der Waals surface area contributed by atoms with Crippen LogP contribution in [0.4, 0.5) is 0 Å². The summed E-state index contributed by atoms with van der Waals surface area (Å²) in [6.07, 6.45) is 6.65. The molecule has 0 aromatic heterocycles. The molecule has 0 saturated carbocycles. The van der Waals surface area contributed by atoms with E-state index in [1.54, 1.807) is 6.08 Å². The van der Waals surface area contributed by atoms with Crippen molar-refractivity contribution < 1.29 is 13.9 Å². The van der Waals surface area contributed by atoms with Crippen LogP contribution in [0, 0.1) is 12.3 Å². The van der Waals surface area contributed by atoms with Crippen LogP contribution in [0.15, 0.2) is 11.8 Å². The molecule has 1 heterocycles. The Labute approximate surface area is 60.2 Å². The molecule has 0 radical (unpaired) electrons. The number of allylic oxidation sites excluding steroid dienone is 1. The molecule has 1 aliphatic heterocycles. The zero-order valence-corrected chi connectivity index (χ0v) is 6.63. The monoisotopic (exact) mass is 160 g/mol. The average molecular weight is 160 g/mol. The van der Waals surface area contributed by atoms with E-state index in [1.807, 2.05) is 0 Å². The second-order valence-electron chi connectivity index (χ2n) is 2.02. The number of terminal acetylenes is 1. The quantitative estimate of drug-likeness (QED) is 0.418. The molecule has 10 heavy (non-hydrogen) atoms. The van der Waals surface area contributed by atoms with Gasteiger partial charge in [-0.25, -0.2) is 0 Å². The molecule has 0 bridgehead atoms. The third-order valence-corrected chi connectivity index (χ3v) is 2.36. The van der Waals surface area contributed by atoms with Crippen molar-refractivity contribution in [3.05, 3.63) is 11.8 Å². The van der Waals surface area contributed by atoms with Crippen molar-refractivity contribution in [2.45, 2.75) is 0 Å². The summed E-state index contributed by atoms with van der Waals surface area (Å²) < 4.78 is 9.82. The van der Waals surface area contributed by atoms with E-state index in [0.717, 1.165) is 0 Å². The zero-order chi connectivity index (χ0) is 7.61. The molecular formula is C6H9O3P. The predicted octanol–water partition coefficient (Wildman–Crippen LogP) is 0.667. The molecule has 1 N–H and O–H groups in total. The van der Waals surface area contributed by atoms with Gasteiger partial charge in [-0.15, -0.1) is 0 Å². The van der Waals surface area contributed by atoms with Crippen LogP contribution in [-0.2, 0) is 9.05 Å². The van der Waals surface area contributed by atoms with Crippen molar-refractivity contribution in [1.29, 1.82) is 0 Å². The molecule has 0 amide bonds. The first-order chi connectivity index (χ1) is 4.64. The summed E-state index contributed by atoms with van der Waals surface area (Å²) in [6.45, 7) is 1.87. The van der Waals surface area contributed by atoms with Gasteiger partial charge >= 0.3 is 59.3 Å². The van der Waals surface area contributed by atoms with Crippen LogP contribution >= 0.6 is 7.94 Å². The van der Waals surface area contributed by atoms with Crippen molar-refractivity contribution in [2.24, 2.45) is 0 Å². The van der Waals surface area contributed by atoms with Gasteiger partial charge in [-0.1, -0.05) is 0 Å². The van der Waals surface area contributed by atoms with Crippen molar-refractivity contribution >= 4 is 7.94 Å². The number of rotatable bonds is 0. The molecule has 0 spiro atoms. The second kappa shape index (κ2) is 2.59. The SMILES string of the molecule is C#CC1=CCO[PH](C)(O)O1. The van der Waals surface area contributed by atoms with Gasteiger partial charge in [0.25, 0.3) is 0 Å². The van der Waals surface area contributed by atoms with Gasteiger partial charge in [0, 0.05) is 0 Å². The minimum absolute atomic E-state index is 0.346. The van der Waals surface area contributed by atoms with Gasteiger partial charge in [0.1, 0.15) is 0 Å². The Morgan fingerprint density at radius 1 is 1.90 bits per heavy atom. The van der Waals surface area contributed by atoms with Crippen molar-refractivity contribution in [3.8, 4) is 12.3 Å². The first kappa shape index (κ1) is 7.56. The van der Waals surface area contributed by atoms with Crippen LogP contribution in [0.3, 0.4) is 0 Å². The number of hydrogen-bond donors (Lipinski definition) is 1. The normalized spacial score (nSPS) is 25.5. The Morgan fingerprint density at radius 2 is 2.60 bits per heavy atom. The molecule has 4 heteroatoms. The molecule has 1 aliphatic rings. The molecule has 3 nitrogen and oxygen atoms in total. The van der Waals surface area contributed by atoms with Crippen molar-refractivity contribution in [1.82, 2.24) is 0 Å².